The summed E-state index contributed by atoms with van der Waals surface area (Å²) in [6.45, 7) is 7.40. The topological polar surface area (TPSA) is 46.6 Å². The van der Waals surface area contributed by atoms with Crippen molar-refractivity contribution in [2.45, 2.75) is 58.2 Å². The Morgan fingerprint density at radius 2 is 2.00 bits per heavy atom. The van der Waals surface area contributed by atoms with Crippen LogP contribution in [-0.4, -0.2) is 35.0 Å². The lowest BCUT2D eigenvalue weighted by atomic mass is 10.2. The van der Waals surface area contributed by atoms with Crippen molar-refractivity contribution in [1.82, 2.24) is 4.90 Å². The average molecular weight is 213 g/mol. The van der Waals surface area contributed by atoms with E-state index in [1.165, 1.54) is 4.90 Å². The minimum absolute atomic E-state index is 0.0926. The Hall–Kier alpha value is -1.06. The van der Waals surface area contributed by atoms with Gasteiger partial charge in [0.1, 0.15) is 11.9 Å². The van der Waals surface area contributed by atoms with Crippen LogP contribution in [0.25, 0.3) is 0 Å². The molecule has 1 aliphatic rings. The van der Waals surface area contributed by atoms with Gasteiger partial charge in [0.2, 0.25) is 0 Å². The lowest BCUT2D eigenvalue weighted by Gasteiger charge is -2.29. The molecule has 0 aromatic rings. The molecule has 0 aliphatic carbocycles. The maximum atomic E-state index is 11.8. The van der Waals surface area contributed by atoms with Crippen molar-refractivity contribution in [3.05, 3.63) is 0 Å². The van der Waals surface area contributed by atoms with Crippen molar-refractivity contribution in [3.63, 3.8) is 0 Å². The number of rotatable bonds is 1. The Labute approximate surface area is 90.6 Å². The van der Waals surface area contributed by atoms with Crippen molar-refractivity contribution in [2.75, 3.05) is 0 Å². The highest BCUT2D eigenvalue weighted by atomic mass is 16.6. The molecule has 1 heterocycles. The largest absolute Gasteiger partial charge is 0.444 e. The van der Waals surface area contributed by atoms with Gasteiger partial charge in [0.05, 0.1) is 6.04 Å². The van der Waals surface area contributed by atoms with E-state index in [-0.39, 0.29) is 18.2 Å². The summed E-state index contributed by atoms with van der Waals surface area (Å²) in [5.41, 5.74) is -0.507. The van der Waals surface area contributed by atoms with Crippen LogP contribution >= 0.6 is 0 Å². The standard InChI is InChI=1S/C11H19NO3/c1-8-5-6-9(7-13)12(8)10(14)15-11(2,3)4/h7-9H,5-6H2,1-4H3/t8-,9?/m0/s1. The molecule has 1 fully saturated rings. The van der Waals surface area contributed by atoms with E-state index in [0.29, 0.717) is 0 Å². The molecule has 0 N–H and O–H groups in total. The minimum atomic E-state index is -0.507. The fourth-order valence-corrected chi connectivity index (χ4v) is 1.78. The molecule has 1 unspecified atom stereocenters. The summed E-state index contributed by atoms with van der Waals surface area (Å²) in [7, 11) is 0. The zero-order chi connectivity index (χ0) is 11.6. The number of aldehydes is 1. The van der Waals surface area contributed by atoms with E-state index in [9.17, 15) is 9.59 Å². The SMILES string of the molecule is C[C@H]1CCC(C=O)N1C(=O)OC(C)(C)C. The van der Waals surface area contributed by atoms with Crippen molar-refractivity contribution in [2.24, 2.45) is 0 Å². The van der Waals surface area contributed by atoms with E-state index in [1.54, 1.807) is 0 Å². The van der Waals surface area contributed by atoms with Gasteiger partial charge in [-0.2, -0.15) is 0 Å². The molecule has 86 valence electrons. The van der Waals surface area contributed by atoms with Crippen LogP contribution in [0.1, 0.15) is 40.5 Å². The lowest BCUT2D eigenvalue weighted by molar-refractivity contribution is -0.112. The summed E-state index contributed by atoms with van der Waals surface area (Å²) < 4.78 is 5.25. The Kier molecular flexibility index (Phi) is 3.37. The van der Waals surface area contributed by atoms with Crippen LogP contribution in [0.2, 0.25) is 0 Å². The Bertz CT molecular complexity index is 257. The van der Waals surface area contributed by atoms with Crippen LogP contribution in [0.4, 0.5) is 4.79 Å². The third-order valence-electron chi connectivity index (χ3n) is 2.47. The molecule has 2 atom stereocenters. The second-order valence-electron chi connectivity index (χ2n) is 5.02. The van der Waals surface area contributed by atoms with Crippen molar-refractivity contribution < 1.29 is 14.3 Å². The van der Waals surface area contributed by atoms with Crippen LogP contribution in [0.3, 0.4) is 0 Å². The first-order valence-corrected chi connectivity index (χ1v) is 5.32. The number of carbonyl (C=O) groups excluding carboxylic acids is 2. The average Bonchev–Trinajstić information content (AvgIpc) is 2.43. The zero-order valence-corrected chi connectivity index (χ0v) is 9.82. The first kappa shape index (κ1) is 12.0. The van der Waals surface area contributed by atoms with E-state index < -0.39 is 5.60 Å². The Morgan fingerprint density at radius 3 is 2.47 bits per heavy atom. The van der Waals surface area contributed by atoms with Gasteiger partial charge >= 0.3 is 6.09 Å². The van der Waals surface area contributed by atoms with Crippen molar-refractivity contribution in [3.8, 4) is 0 Å². The van der Waals surface area contributed by atoms with Crippen LogP contribution in [0.15, 0.2) is 0 Å². The second-order valence-corrected chi connectivity index (χ2v) is 5.02. The predicted octanol–water partition coefficient (Wildman–Crippen LogP) is 1.97. The number of likely N-dealkylation sites (tertiary alicyclic amines) is 1. The molecule has 0 radical (unpaired) electrons. The first-order chi connectivity index (χ1) is 6.85. The van der Waals surface area contributed by atoms with Gasteiger partial charge in [0.15, 0.2) is 0 Å². The molecule has 0 aromatic heterocycles. The fourth-order valence-electron chi connectivity index (χ4n) is 1.78. The summed E-state index contributed by atoms with van der Waals surface area (Å²) in [6.07, 6.45) is 2.05. The smallest absolute Gasteiger partial charge is 0.411 e. The van der Waals surface area contributed by atoms with Gasteiger partial charge in [0.25, 0.3) is 0 Å². The molecule has 1 amide bonds. The number of amides is 1. The first-order valence-electron chi connectivity index (χ1n) is 5.32. The van der Waals surface area contributed by atoms with Gasteiger partial charge in [-0.15, -0.1) is 0 Å². The molecular formula is C11H19NO3. The van der Waals surface area contributed by atoms with Crippen LogP contribution < -0.4 is 0 Å². The molecule has 0 aromatic carbocycles. The third kappa shape index (κ3) is 2.94. The highest BCUT2D eigenvalue weighted by Crippen LogP contribution is 2.24. The van der Waals surface area contributed by atoms with E-state index in [4.69, 9.17) is 4.74 Å². The Balaban J connectivity index is 2.68. The van der Waals surface area contributed by atoms with Gasteiger partial charge < -0.3 is 9.53 Å². The lowest BCUT2D eigenvalue weighted by Crippen LogP contribution is -2.43. The summed E-state index contributed by atoms with van der Waals surface area (Å²) in [4.78, 5) is 24.1. The van der Waals surface area contributed by atoms with E-state index >= 15 is 0 Å². The molecule has 4 heteroatoms. The third-order valence-corrected chi connectivity index (χ3v) is 2.47. The second kappa shape index (κ2) is 4.21. The number of nitrogens with zero attached hydrogens (tertiary/aromatic N) is 1. The molecular weight excluding hydrogens is 194 g/mol. The summed E-state index contributed by atoms with van der Waals surface area (Å²) in [5.74, 6) is 0. The molecule has 0 saturated carbocycles. The number of hydrogen-bond acceptors (Lipinski definition) is 3. The molecule has 0 bridgehead atoms. The highest BCUT2D eigenvalue weighted by molar-refractivity contribution is 5.74. The number of hydrogen-bond donors (Lipinski definition) is 0. The predicted molar refractivity (Wildman–Crippen MR) is 56.6 cm³/mol. The van der Waals surface area contributed by atoms with Gasteiger partial charge in [-0.25, -0.2) is 4.79 Å². The number of ether oxygens (including phenoxy) is 1. The van der Waals surface area contributed by atoms with Gasteiger partial charge in [-0.05, 0) is 40.5 Å². The summed E-state index contributed by atoms with van der Waals surface area (Å²) in [6, 6.07) is -0.218. The van der Waals surface area contributed by atoms with Crippen LogP contribution in [-0.2, 0) is 9.53 Å². The maximum absolute atomic E-state index is 11.8. The molecule has 0 spiro atoms. The quantitative estimate of drug-likeness (QED) is 0.626. The van der Waals surface area contributed by atoms with Crippen molar-refractivity contribution >= 4 is 12.4 Å². The highest BCUT2D eigenvalue weighted by Gasteiger charge is 2.36. The van der Waals surface area contributed by atoms with Crippen molar-refractivity contribution in [1.29, 1.82) is 0 Å². The Morgan fingerprint density at radius 1 is 1.40 bits per heavy atom. The molecule has 15 heavy (non-hydrogen) atoms. The molecule has 1 aliphatic heterocycles. The monoisotopic (exact) mass is 213 g/mol. The summed E-state index contributed by atoms with van der Waals surface area (Å²) in [5, 5.41) is 0. The van der Waals surface area contributed by atoms with Crippen LogP contribution in [0.5, 0.6) is 0 Å². The molecule has 1 rings (SSSR count). The van der Waals surface area contributed by atoms with E-state index in [1.807, 2.05) is 27.7 Å². The molecule has 4 nitrogen and oxygen atoms in total. The molecule has 1 saturated heterocycles. The van der Waals surface area contributed by atoms with Crippen LogP contribution in [0, 0.1) is 0 Å². The minimum Gasteiger partial charge on any atom is -0.444 e. The zero-order valence-electron chi connectivity index (χ0n) is 9.82. The van der Waals surface area contributed by atoms with Gasteiger partial charge in [0, 0.05) is 6.04 Å². The van der Waals surface area contributed by atoms with E-state index in [2.05, 4.69) is 0 Å². The summed E-state index contributed by atoms with van der Waals surface area (Å²) >= 11 is 0. The van der Waals surface area contributed by atoms with Gasteiger partial charge in [-0.1, -0.05) is 0 Å². The normalized spacial score (nSPS) is 26.5. The fraction of sp³-hybridized carbons (Fsp3) is 0.818. The maximum Gasteiger partial charge on any atom is 0.411 e. The number of carbonyl (C=O) groups is 2. The van der Waals surface area contributed by atoms with Gasteiger partial charge in [-0.3, -0.25) is 4.90 Å². The van der Waals surface area contributed by atoms with E-state index in [0.717, 1.165) is 19.1 Å².